The minimum atomic E-state index is -0.369. The summed E-state index contributed by atoms with van der Waals surface area (Å²) in [5.41, 5.74) is 2.35. The number of benzene rings is 2. The summed E-state index contributed by atoms with van der Waals surface area (Å²) in [5.74, 6) is 0.610. The van der Waals surface area contributed by atoms with Crippen LogP contribution in [0.2, 0.25) is 0 Å². The van der Waals surface area contributed by atoms with E-state index in [4.69, 9.17) is 9.47 Å². The van der Waals surface area contributed by atoms with Crippen molar-refractivity contribution in [1.29, 1.82) is 0 Å². The summed E-state index contributed by atoms with van der Waals surface area (Å²) in [6.45, 7) is 0. The first kappa shape index (κ1) is 18.2. The van der Waals surface area contributed by atoms with E-state index in [0.717, 1.165) is 33.1 Å². The quantitative estimate of drug-likeness (QED) is 0.613. The van der Waals surface area contributed by atoms with E-state index in [1.54, 1.807) is 31.4 Å². The lowest BCUT2D eigenvalue weighted by Crippen LogP contribution is -2.28. The van der Waals surface area contributed by atoms with E-state index >= 15 is 0 Å². The molecular formula is C21H18N2O4S. The van der Waals surface area contributed by atoms with E-state index in [1.165, 1.54) is 7.11 Å². The van der Waals surface area contributed by atoms with Gasteiger partial charge in [0.1, 0.15) is 11.5 Å². The number of methoxy groups -OCH3 is 2. The van der Waals surface area contributed by atoms with Crippen molar-refractivity contribution in [3.8, 4) is 11.5 Å². The molecule has 0 atom stereocenters. The fourth-order valence-electron chi connectivity index (χ4n) is 3.27. The number of carbonyl (C=O) groups is 2. The van der Waals surface area contributed by atoms with Gasteiger partial charge < -0.3 is 14.0 Å². The van der Waals surface area contributed by atoms with Gasteiger partial charge in [0.05, 0.1) is 24.8 Å². The summed E-state index contributed by atoms with van der Waals surface area (Å²) in [6.07, 6.45) is 3.72. The predicted molar refractivity (Wildman–Crippen MR) is 111 cm³/mol. The van der Waals surface area contributed by atoms with Crippen LogP contribution in [-0.2, 0) is 11.8 Å². The van der Waals surface area contributed by atoms with Gasteiger partial charge in [-0.25, -0.2) is 4.90 Å². The van der Waals surface area contributed by atoms with Crippen LogP contribution in [0.15, 0.2) is 53.6 Å². The lowest BCUT2D eigenvalue weighted by atomic mass is 10.1. The Kier molecular flexibility index (Phi) is 4.60. The Morgan fingerprint density at radius 1 is 1.04 bits per heavy atom. The number of para-hydroxylation sites is 1. The van der Waals surface area contributed by atoms with Crippen molar-refractivity contribution in [2.75, 3.05) is 19.1 Å². The molecule has 2 aromatic carbocycles. The van der Waals surface area contributed by atoms with E-state index in [9.17, 15) is 9.59 Å². The number of aromatic nitrogens is 1. The summed E-state index contributed by atoms with van der Waals surface area (Å²) in [4.78, 5) is 27.1. The maximum atomic E-state index is 13.0. The summed E-state index contributed by atoms with van der Waals surface area (Å²) in [6, 6.07) is 12.9. The Hall–Kier alpha value is -3.19. The monoisotopic (exact) mass is 394 g/mol. The van der Waals surface area contributed by atoms with Gasteiger partial charge in [-0.1, -0.05) is 18.2 Å². The van der Waals surface area contributed by atoms with Crippen molar-refractivity contribution in [2.24, 2.45) is 7.05 Å². The zero-order valence-corrected chi connectivity index (χ0v) is 16.4. The molecule has 0 aliphatic carbocycles. The highest BCUT2D eigenvalue weighted by molar-refractivity contribution is 8.19. The van der Waals surface area contributed by atoms with Crippen molar-refractivity contribution in [2.45, 2.75) is 0 Å². The maximum Gasteiger partial charge on any atom is 0.298 e. The first-order valence-electron chi connectivity index (χ1n) is 8.57. The number of hydrogen-bond donors (Lipinski definition) is 0. The van der Waals surface area contributed by atoms with Crippen molar-refractivity contribution in [3.63, 3.8) is 0 Å². The molecule has 0 radical (unpaired) electrons. The van der Waals surface area contributed by atoms with Crippen LogP contribution in [0.4, 0.5) is 10.5 Å². The molecule has 0 saturated carbocycles. The van der Waals surface area contributed by atoms with Gasteiger partial charge >= 0.3 is 0 Å². The van der Waals surface area contributed by atoms with E-state index in [2.05, 4.69) is 0 Å². The molecule has 0 unspecified atom stereocenters. The van der Waals surface area contributed by atoms with Crippen molar-refractivity contribution >= 4 is 45.6 Å². The number of thioether (sulfide) groups is 1. The molecule has 0 spiro atoms. The number of ether oxygens (including phenoxy) is 2. The molecule has 1 aromatic heterocycles. The number of carbonyl (C=O) groups excluding carboxylic acids is 2. The third-order valence-corrected chi connectivity index (χ3v) is 5.51. The third kappa shape index (κ3) is 2.93. The Morgan fingerprint density at radius 3 is 2.57 bits per heavy atom. The van der Waals surface area contributed by atoms with Crippen LogP contribution in [-0.4, -0.2) is 29.9 Å². The van der Waals surface area contributed by atoms with E-state index in [-0.39, 0.29) is 11.1 Å². The molecule has 1 aliphatic rings. The number of amides is 2. The van der Waals surface area contributed by atoms with E-state index in [1.807, 2.05) is 42.1 Å². The molecule has 2 amide bonds. The second-order valence-corrected chi connectivity index (χ2v) is 7.26. The van der Waals surface area contributed by atoms with Gasteiger partial charge in [0.25, 0.3) is 11.1 Å². The van der Waals surface area contributed by atoms with Crippen molar-refractivity contribution in [3.05, 3.63) is 59.1 Å². The highest BCUT2D eigenvalue weighted by atomic mass is 32.2. The number of nitrogens with zero attached hydrogens (tertiary/aromatic N) is 2. The van der Waals surface area contributed by atoms with Crippen LogP contribution >= 0.6 is 11.8 Å². The molecule has 2 heterocycles. The van der Waals surface area contributed by atoms with E-state index in [0.29, 0.717) is 22.1 Å². The van der Waals surface area contributed by atoms with Gasteiger partial charge in [0, 0.05) is 35.8 Å². The molecule has 3 aromatic rings. The topological polar surface area (TPSA) is 60.8 Å². The normalized spacial score (nSPS) is 15.7. The zero-order chi connectivity index (χ0) is 19.8. The highest BCUT2D eigenvalue weighted by Gasteiger charge is 2.38. The minimum Gasteiger partial charge on any atom is -0.497 e. The Labute approximate surface area is 166 Å². The van der Waals surface area contributed by atoms with Gasteiger partial charge in [-0.3, -0.25) is 9.59 Å². The fourth-order valence-corrected chi connectivity index (χ4v) is 4.10. The summed E-state index contributed by atoms with van der Waals surface area (Å²) >= 11 is 0.921. The van der Waals surface area contributed by atoms with Crippen molar-refractivity contribution in [1.82, 2.24) is 4.57 Å². The van der Waals surface area contributed by atoms with Crippen LogP contribution < -0.4 is 14.4 Å². The van der Waals surface area contributed by atoms with Gasteiger partial charge in [-0.15, -0.1) is 0 Å². The largest absolute Gasteiger partial charge is 0.497 e. The average molecular weight is 394 g/mol. The van der Waals surface area contributed by atoms with Crippen LogP contribution in [0.3, 0.4) is 0 Å². The molecule has 4 rings (SSSR count). The maximum absolute atomic E-state index is 13.0. The SMILES string of the molecule is COc1ccc(N2C(=O)S/C(=C\c3cn(C)c4ccccc34)C2=O)c(OC)c1. The Bertz CT molecular complexity index is 1130. The standard InChI is InChI=1S/C21H18N2O4S/c1-22-12-13(15-6-4-5-7-16(15)22)10-19-20(24)23(21(25)28-19)17-9-8-14(26-2)11-18(17)27-3/h4-12H,1-3H3/b19-10-. The van der Waals surface area contributed by atoms with Crippen LogP contribution in [0.5, 0.6) is 11.5 Å². The number of anilines is 1. The molecule has 0 N–H and O–H groups in total. The molecule has 1 saturated heterocycles. The molecule has 6 nitrogen and oxygen atoms in total. The highest BCUT2D eigenvalue weighted by Crippen LogP contribution is 2.41. The van der Waals surface area contributed by atoms with Gasteiger partial charge in [-0.2, -0.15) is 0 Å². The van der Waals surface area contributed by atoms with E-state index < -0.39 is 0 Å². The fraction of sp³-hybridized carbons (Fsp3) is 0.143. The molecule has 28 heavy (non-hydrogen) atoms. The average Bonchev–Trinajstić information content (AvgIpc) is 3.17. The summed E-state index contributed by atoms with van der Waals surface area (Å²) in [7, 11) is 4.98. The number of fused-ring (bicyclic) bond motifs is 1. The third-order valence-electron chi connectivity index (χ3n) is 4.64. The molecular weight excluding hydrogens is 376 g/mol. The van der Waals surface area contributed by atoms with Crippen molar-refractivity contribution < 1.29 is 19.1 Å². The smallest absolute Gasteiger partial charge is 0.298 e. The first-order valence-corrected chi connectivity index (χ1v) is 9.39. The minimum absolute atomic E-state index is 0.361. The number of imide groups is 1. The molecule has 1 aliphatic heterocycles. The predicted octanol–water partition coefficient (Wildman–Crippen LogP) is 4.44. The Balaban J connectivity index is 1.74. The summed E-state index contributed by atoms with van der Waals surface area (Å²) in [5, 5.41) is 0.666. The van der Waals surface area contributed by atoms with Gasteiger partial charge in [-0.05, 0) is 36.0 Å². The zero-order valence-electron chi connectivity index (χ0n) is 15.6. The number of aryl methyl sites for hydroxylation is 1. The van der Waals surface area contributed by atoms with Crippen LogP contribution in [0.1, 0.15) is 5.56 Å². The second-order valence-electron chi connectivity index (χ2n) is 6.27. The summed E-state index contributed by atoms with van der Waals surface area (Å²) < 4.78 is 12.5. The molecule has 0 bridgehead atoms. The number of rotatable bonds is 4. The lowest BCUT2D eigenvalue weighted by Gasteiger charge is -2.16. The molecule has 142 valence electrons. The van der Waals surface area contributed by atoms with Crippen LogP contribution in [0, 0.1) is 0 Å². The molecule has 1 fully saturated rings. The van der Waals surface area contributed by atoms with Crippen LogP contribution in [0.25, 0.3) is 17.0 Å². The van der Waals surface area contributed by atoms with Gasteiger partial charge in [0.2, 0.25) is 0 Å². The first-order chi connectivity index (χ1) is 13.5. The van der Waals surface area contributed by atoms with Gasteiger partial charge in [0.15, 0.2) is 0 Å². The molecule has 7 heteroatoms. The Morgan fingerprint density at radius 2 is 1.82 bits per heavy atom. The number of hydrogen-bond acceptors (Lipinski definition) is 5. The lowest BCUT2D eigenvalue weighted by molar-refractivity contribution is -0.113. The second kappa shape index (κ2) is 7.09.